The Balaban J connectivity index is 1.20. The molecule has 2 aliphatic heterocycles. The maximum atomic E-state index is 5.11. The number of fused-ring (bicyclic) bond motifs is 1. The quantitative estimate of drug-likeness (QED) is 0.416. The summed E-state index contributed by atoms with van der Waals surface area (Å²) in [5.41, 5.74) is 5.46. The van der Waals surface area contributed by atoms with Gasteiger partial charge in [-0.05, 0) is 68.1 Å². The average molecular weight is 493 g/mol. The summed E-state index contributed by atoms with van der Waals surface area (Å²) < 4.78 is 0. The summed E-state index contributed by atoms with van der Waals surface area (Å²) >= 11 is 0. The van der Waals surface area contributed by atoms with Crippen LogP contribution in [0.5, 0.6) is 0 Å². The van der Waals surface area contributed by atoms with E-state index in [9.17, 15) is 0 Å². The van der Waals surface area contributed by atoms with Crippen LogP contribution in [0.15, 0.2) is 55.0 Å². The van der Waals surface area contributed by atoms with Gasteiger partial charge in [0.15, 0.2) is 5.82 Å². The van der Waals surface area contributed by atoms with Crippen molar-refractivity contribution in [3.8, 4) is 11.4 Å². The molecule has 188 valence electrons. The number of hydrogen-bond donors (Lipinski definition) is 1. The second-order valence-electron chi connectivity index (χ2n) is 10.5. The molecule has 0 atom stereocenters. The fraction of sp³-hybridized carbons (Fsp3) is 0.379. The average Bonchev–Trinajstić information content (AvgIpc) is 3.74. The van der Waals surface area contributed by atoms with E-state index in [1.165, 1.54) is 35.9 Å². The molecular weight excluding hydrogens is 460 g/mol. The summed E-state index contributed by atoms with van der Waals surface area (Å²) in [5, 5.41) is 4.69. The Morgan fingerprint density at radius 3 is 2.54 bits per heavy atom. The molecule has 1 aliphatic carbocycles. The van der Waals surface area contributed by atoms with E-state index in [-0.39, 0.29) is 0 Å². The fourth-order valence-electron chi connectivity index (χ4n) is 5.31. The van der Waals surface area contributed by atoms with Crippen molar-refractivity contribution in [2.75, 3.05) is 61.4 Å². The van der Waals surface area contributed by atoms with Crippen LogP contribution in [0, 0.1) is 0 Å². The first-order chi connectivity index (χ1) is 18.2. The SMILES string of the molecule is CN1CCN(c2cccc(Nc3cc(-c4nc(N5CCC5)c5c(C6CC6)cncc5n4)ccn3)c2)CC1. The van der Waals surface area contributed by atoms with E-state index in [4.69, 9.17) is 9.97 Å². The van der Waals surface area contributed by atoms with Crippen LogP contribution in [0.2, 0.25) is 0 Å². The van der Waals surface area contributed by atoms with Gasteiger partial charge in [0.25, 0.3) is 0 Å². The van der Waals surface area contributed by atoms with Gasteiger partial charge >= 0.3 is 0 Å². The van der Waals surface area contributed by atoms with Crippen molar-refractivity contribution in [1.82, 2.24) is 24.8 Å². The third kappa shape index (κ3) is 4.46. The van der Waals surface area contributed by atoms with E-state index in [2.05, 4.69) is 61.3 Å². The Morgan fingerprint density at radius 1 is 0.892 bits per heavy atom. The number of nitrogens with one attached hydrogen (secondary N) is 1. The van der Waals surface area contributed by atoms with Gasteiger partial charge in [-0.25, -0.2) is 15.0 Å². The highest BCUT2D eigenvalue weighted by atomic mass is 15.3. The molecular formula is C29H32N8. The second kappa shape index (κ2) is 9.27. The molecule has 0 spiro atoms. The minimum absolute atomic E-state index is 0.601. The summed E-state index contributed by atoms with van der Waals surface area (Å²) in [6.07, 6.45) is 9.42. The van der Waals surface area contributed by atoms with Gasteiger partial charge in [-0.1, -0.05) is 6.07 Å². The summed E-state index contributed by atoms with van der Waals surface area (Å²) in [6, 6.07) is 12.6. The van der Waals surface area contributed by atoms with E-state index in [0.29, 0.717) is 5.92 Å². The van der Waals surface area contributed by atoms with Crippen LogP contribution in [0.4, 0.5) is 23.0 Å². The van der Waals surface area contributed by atoms with Crippen molar-refractivity contribution < 1.29 is 0 Å². The maximum absolute atomic E-state index is 5.11. The molecule has 0 amide bonds. The summed E-state index contributed by atoms with van der Waals surface area (Å²) in [5.74, 6) is 3.17. The molecule has 0 unspecified atom stereocenters. The van der Waals surface area contributed by atoms with Gasteiger partial charge in [-0.2, -0.15) is 0 Å². The molecule has 1 saturated carbocycles. The molecule has 3 fully saturated rings. The number of anilines is 4. The Morgan fingerprint density at radius 2 is 1.76 bits per heavy atom. The van der Waals surface area contributed by atoms with Crippen LogP contribution in [-0.4, -0.2) is 71.2 Å². The fourth-order valence-corrected chi connectivity index (χ4v) is 5.31. The topological polar surface area (TPSA) is 73.3 Å². The predicted molar refractivity (Wildman–Crippen MR) is 149 cm³/mol. The van der Waals surface area contributed by atoms with Crippen molar-refractivity contribution in [2.24, 2.45) is 0 Å². The molecule has 0 bridgehead atoms. The van der Waals surface area contributed by atoms with E-state index in [1.54, 1.807) is 0 Å². The largest absolute Gasteiger partial charge is 0.369 e. The van der Waals surface area contributed by atoms with Crippen molar-refractivity contribution in [3.05, 3.63) is 60.6 Å². The normalized spacial score (nSPS) is 18.2. The number of piperazine rings is 1. The molecule has 5 heterocycles. The lowest BCUT2D eigenvalue weighted by molar-refractivity contribution is 0.313. The van der Waals surface area contributed by atoms with Crippen LogP contribution in [0.1, 0.15) is 30.7 Å². The minimum atomic E-state index is 0.601. The van der Waals surface area contributed by atoms with Gasteiger partial charge in [0.1, 0.15) is 11.6 Å². The Bertz CT molecular complexity index is 1440. The smallest absolute Gasteiger partial charge is 0.162 e. The van der Waals surface area contributed by atoms with Crippen LogP contribution in [0.3, 0.4) is 0 Å². The van der Waals surface area contributed by atoms with E-state index in [1.807, 2.05) is 30.7 Å². The number of pyridine rings is 2. The monoisotopic (exact) mass is 492 g/mol. The molecule has 1 aromatic carbocycles. The van der Waals surface area contributed by atoms with Crippen molar-refractivity contribution >= 4 is 33.9 Å². The lowest BCUT2D eigenvalue weighted by Gasteiger charge is -2.34. The predicted octanol–water partition coefficient (Wildman–Crippen LogP) is 4.67. The van der Waals surface area contributed by atoms with E-state index >= 15 is 0 Å². The zero-order valence-electron chi connectivity index (χ0n) is 21.3. The zero-order valence-corrected chi connectivity index (χ0v) is 21.3. The summed E-state index contributed by atoms with van der Waals surface area (Å²) in [4.78, 5) is 26.4. The van der Waals surface area contributed by atoms with Crippen molar-refractivity contribution in [2.45, 2.75) is 25.2 Å². The lowest BCUT2D eigenvalue weighted by Crippen LogP contribution is -2.44. The first-order valence-corrected chi connectivity index (χ1v) is 13.4. The zero-order chi connectivity index (χ0) is 24.8. The Kier molecular flexibility index (Phi) is 5.61. The van der Waals surface area contributed by atoms with Gasteiger partial charge in [-0.15, -0.1) is 0 Å². The molecule has 4 aromatic rings. The molecule has 7 rings (SSSR count). The number of nitrogens with zero attached hydrogens (tertiary/aromatic N) is 7. The van der Waals surface area contributed by atoms with E-state index in [0.717, 1.165) is 73.5 Å². The third-order valence-electron chi connectivity index (χ3n) is 7.79. The van der Waals surface area contributed by atoms with Crippen molar-refractivity contribution in [3.63, 3.8) is 0 Å². The number of rotatable bonds is 6. The summed E-state index contributed by atoms with van der Waals surface area (Å²) in [7, 11) is 2.18. The minimum Gasteiger partial charge on any atom is -0.369 e. The standard InChI is InChI=1S/C29H32N8/c1-35-12-14-36(15-13-35)23-5-2-4-22(17-23)32-26-16-21(8-9-31-26)28-33-25-19-30-18-24(20-6-7-20)27(25)29(34-28)37-10-3-11-37/h2,4-5,8-9,16-20H,3,6-7,10-15H2,1H3,(H,31,32). The molecule has 37 heavy (non-hydrogen) atoms. The highest BCUT2D eigenvalue weighted by Gasteiger charge is 2.30. The molecule has 8 heteroatoms. The molecule has 2 saturated heterocycles. The van der Waals surface area contributed by atoms with Gasteiger partial charge in [-0.3, -0.25) is 4.98 Å². The molecule has 1 N–H and O–H groups in total. The summed E-state index contributed by atoms with van der Waals surface area (Å²) in [6.45, 7) is 6.36. The lowest BCUT2D eigenvalue weighted by atomic mass is 10.1. The first-order valence-electron chi connectivity index (χ1n) is 13.4. The number of aromatic nitrogens is 4. The van der Waals surface area contributed by atoms with Gasteiger partial charge in [0, 0.05) is 74.0 Å². The third-order valence-corrected chi connectivity index (χ3v) is 7.79. The number of benzene rings is 1. The number of hydrogen-bond acceptors (Lipinski definition) is 8. The molecule has 0 radical (unpaired) electrons. The van der Waals surface area contributed by atoms with Crippen molar-refractivity contribution in [1.29, 1.82) is 0 Å². The Labute approximate surface area is 217 Å². The highest BCUT2D eigenvalue weighted by molar-refractivity contribution is 5.94. The van der Waals surface area contributed by atoms with Crippen LogP contribution < -0.4 is 15.1 Å². The molecule has 8 nitrogen and oxygen atoms in total. The highest BCUT2D eigenvalue weighted by Crippen LogP contribution is 2.45. The first kappa shape index (κ1) is 22.4. The van der Waals surface area contributed by atoms with Gasteiger partial charge in [0.05, 0.1) is 11.7 Å². The van der Waals surface area contributed by atoms with Crippen LogP contribution in [-0.2, 0) is 0 Å². The van der Waals surface area contributed by atoms with Gasteiger partial charge < -0.3 is 20.0 Å². The van der Waals surface area contributed by atoms with E-state index < -0.39 is 0 Å². The molecule has 3 aliphatic rings. The molecule has 3 aromatic heterocycles. The van der Waals surface area contributed by atoms with Crippen LogP contribution in [0.25, 0.3) is 22.3 Å². The second-order valence-corrected chi connectivity index (χ2v) is 10.5. The van der Waals surface area contributed by atoms with Gasteiger partial charge in [0.2, 0.25) is 0 Å². The number of likely N-dealkylation sites (N-methyl/N-ethyl adjacent to an activating group) is 1. The Hall–Kier alpha value is -3.78. The maximum Gasteiger partial charge on any atom is 0.162 e. The van der Waals surface area contributed by atoms with Crippen LogP contribution >= 0.6 is 0 Å².